The van der Waals surface area contributed by atoms with Crippen LogP contribution in [0.2, 0.25) is 0 Å². The second-order valence-corrected chi connectivity index (χ2v) is 7.35. The van der Waals surface area contributed by atoms with Gasteiger partial charge in [0, 0.05) is 17.4 Å². The standard InChI is InChI=1S/C18H27NO/c1-14-16-9-11-19(12-15-6-4-3-5-7-15)13-18(16,2)10-8-17(14)20/h3-7,14,16-17,20H,8-13H2,1-2H3/p+1/t14-,16+,17-,18-/m0/s1. The van der Waals surface area contributed by atoms with Gasteiger partial charge in [0.25, 0.3) is 0 Å². The molecule has 0 radical (unpaired) electrons. The normalized spacial score (nSPS) is 41.1. The van der Waals surface area contributed by atoms with Crippen molar-refractivity contribution in [1.82, 2.24) is 0 Å². The minimum absolute atomic E-state index is 0.0660. The van der Waals surface area contributed by atoms with E-state index < -0.39 is 0 Å². The fraction of sp³-hybridized carbons (Fsp3) is 0.667. The highest BCUT2D eigenvalue weighted by atomic mass is 16.3. The number of hydrogen-bond acceptors (Lipinski definition) is 1. The van der Waals surface area contributed by atoms with Crippen LogP contribution in [0.25, 0.3) is 0 Å². The fourth-order valence-corrected chi connectivity index (χ4v) is 4.71. The molecular formula is C18H28NO+. The Morgan fingerprint density at radius 3 is 2.75 bits per heavy atom. The Bertz CT molecular complexity index is 446. The van der Waals surface area contributed by atoms with Gasteiger partial charge in [0.2, 0.25) is 0 Å². The molecule has 1 saturated carbocycles. The molecule has 5 atom stereocenters. The lowest BCUT2D eigenvalue weighted by Gasteiger charge is -2.51. The summed E-state index contributed by atoms with van der Waals surface area (Å²) >= 11 is 0. The number of aliphatic hydroxyl groups excluding tert-OH is 1. The molecule has 0 amide bonds. The van der Waals surface area contributed by atoms with Crippen LogP contribution >= 0.6 is 0 Å². The number of quaternary nitrogens is 1. The van der Waals surface area contributed by atoms with Crippen molar-refractivity contribution in [2.24, 2.45) is 17.3 Å². The molecule has 0 bridgehead atoms. The average molecular weight is 274 g/mol. The summed E-state index contributed by atoms with van der Waals surface area (Å²) in [7, 11) is 0. The van der Waals surface area contributed by atoms with Crippen molar-refractivity contribution in [3.8, 4) is 0 Å². The Morgan fingerprint density at radius 1 is 1.25 bits per heavy atom. The molecule has 2 heteroatoms. The third-order valence-electron chi connectivity index (χ3n) is 5.91. The number of piperidine rings is 1. The second kappa shape index (κ2) is 5.50. The van der Waals surface area contributed by atoms with E-state index in [1.165, 1.54) is 31.5 Å². The van der Waals surface area contributed by atoms with Crippen LogP contribution in [0.5, 0.6) is 0 Å². The molecule has 1 unspecified atom stereocenters. The van der Waals surface area contributed by atoms with Gasteiger partial charge < -0.3 is 10.0 Å². The summed E-state index contributed by atoms with van der Waals surface area (Å²) in [5, 5.41) is 10.1. The molecule has 1 heterocycles. The van der Waals surface area contributed by atoms with Crippen molar-refractivity contribution in [2.45, 2.75) is 45.8 Å². The highest BCUT2D eigenvalue weighted by Gasteiger charge is 2.48. The van der Waals surface area contributed by atoms with Gasteiger partial charge in [0.15, 0.2) is 0 Å². The van der Waals surface area contributed by atoms with Crippen LogP contribution in [0.1, 0.15) is 38.7 Å². The molecule has 2 N–H and O–H groups in total. The molecule has 20 heavy (non-hydrogen) atoms. The molecule has 2 nitrogen and oxygen atoms in total. The molecule has 110 valence electrons. The molecule has 1 aliphatic carbocycles. The number of nitrogens with one attached hydrogen (secondary N) is 1. The summed E-state index contributed by atoms with van der Waals surface area (Å²) in [6.07, 6.45) is 3.40. The minimum atomic E-state index is -0.0660. The maximum absolute atomic E-state index is 10.1. The summed E-state index contributed by atoms with van der Waals surface area (Å²) < 4.78 is 0. The van der Waals surface area contributed by atoms with Crippen LogP contribution in [0.15, 0.2) is 30.3 Å². The Hall–Kier alpha value is -0.860. The summed E-state index contributed by atoms with van der Waals surface area (Å²) in [6.45, 7) is 8.40. The molecule has 3 rings (SSSR count). The molecular weight excluding hydrogens is 246 g/mol. The maximum atomic E-state index is 10.1. The van der Waals surface area contributed by atoms with E-state index in [-0.39, 0.29) is 6.10 Å². The summed E-state index contributed by atoms with van der Waals surface area (Å²) in [6, 6.07) is 10.9. The van der Waals surface area contributed by atoms with Crippen LogP contribution in [-0.2, 0) is 6.54 Å². The molecule has 1 aromatic rings. The van der Waals surface area contributed by atoms with E-state index >= 15 is 0 Å². The van der Waals surface area contributed by atoms with Crippen molar-refractivity contribution in [3.05, 3.63) is 35.9 Å². The number of likely N-dealkylation sites (tertiary alicyclic amines) is 1. The Kier molecular flexibility index (Phi) is 3.87. The minimum Gasteiger partial charge on any atom is -0.393 e. The first-order valence-electron chi connectivity index (χ1n) is 8.14. The van der Waals surface area contributed by atoms with Crippen LogP contribution < -0.4 is 4.90 Å². The lowest BCUT2D eigenvalue weighted by molar-refractivity contribution is -0.928. The van der Waals surface area contributed by atoms with Crippen LogP contribution in [0, 0.1) is 17.3 Å². The van der Waals surface area contributed by atoms with Crippen LogP contribution in [0.4, 0.5) is 0 Å². The van der Waals surface area contributed by atoms with E-state index in [0.29, 0.717) is 17.3 Å². The maximum Gasteiger partial charge on any atom is 0.103 e. The van der Waals surface area contributed by atoms with Gasteiger partial charge in [-0.2, -0.15) is 0 Å². The van der Waals surface area contributed by atoms with Crippen molar-refractivity contribution >= 4 is 0 Å². The van der Waals surface area contributed by atoms with E-state index in [1.54, 1.807) is 4.90 Å². The van der Waals surface area contributed by atoms with Gasteiger partial charge in [0.1, 0.15) is 6.54 Å². The van der Waals surface area contributed by atoms with Crippen molar-refractivity contribution in [1.29, 1.82) is 0 Å². The summed E-state index contributed by atoms with van der Waals surface area (Å²) in [5.41, 5.74) is 1.88. The Labute approximate surface area is 122 Å². The smallest absolute Gasteiger partial charge is 0.103 e. The molecule has 0 aromatic heterocycles. The van der Waals surface area contributed by atoms with E-state index in [4.69, 9.17) is 0 Å². The monoisotopic (exact) mass is 274 g/mol. The quantitative estimate of drug-likeness (QED) is 0.846. The first kappa shape index (κ1) is 14.1. The molecule has 2 aliphatic rings. The van der Waals surface area contributed by atoms with E-state index in [2.05, 4.69) is 44.2 Å². The van der Waals surface area contributed by atoms with E-state index in [1.807, 2.05) is 0 Å². The molecule has 2 fully saturated rings. The fourth-order valence-electron chi connectivity index (χ4n) is 4.71. The Balaban J connectivity index is 1.68. The van der Waals surface area contributed by atoms with Gasteiger partial charge in [-0.15, -0.1) is 0 Å². The first-order chi connectivity index (χ1) is 9.58. The van der Waals surface area contributed by atoms with Gasteiger partial charge >= 0.3 is 0 Å². The number of aliphatic hydroxyl groups is 1. The van der Waals surface area contributed by atoms with Gasteiger partial charge in [-0.25, -0.2) is 0 Å². The number of fused-ring (bicyclic) bond motifs is 1. The van der Waals surface area contributed by atoms with Crippen LogP contribution in [-0.4, -0.2) is 24.3 Å². The summed E-state index contributed by atoms with van der Waals surface area (Å²) in [5.74, 6) is 1.19. The topological polar surface area (TPSA) is 24.7 Å². The van der Waals surface area contributed by atoms with Gasteiger partial charge in [0.05, 0.1) is 19.2 Å². The zero-order valence-electron chi connectivity index (χ0n) is 12.8. The van der Waals surface area contributed by atoms with E-state index in [0.717, 1.165) is 13.0 Å². The average Bonchev–Trinajstić information content (AvgIpc) is 2.44. The van der Waals surface area contributed by atoms with E-state index in [9.17, 15) is 5.11 Å². The van der Waals surface area contributed by atoms with Gasteiger partial charge in [-0.3, -0.25) is 0 Å². The highest BCUT2D eigenvalue weighted by molar-refractivity contribution is 5.13. The largest absolute Gasteiger partial charge is 0.393 e. The predicted octanol–water partition coefficient (Wildman–Crippen LogP) is 1.89. The third kappa shape index (κ3) is 2.64. The molecule has 1 saturated heterocycles. The highest BCUT2D eigenvalue weighted by Crippen LogP contribution is 2.46. The third-order valence-corrected chi connectivity index (χ3v) is 5.91. The zero-order chi connectivity index (χ0) is 14.2. The first-order valence-corrected chi connectivity index (χ1v) is 8.14. The number of benzene rings is 1. The van der Waals surface area contributed by atoms with Crippen molar-refractivity contribution in [3.63, 3.8) is 0 Å². The molecule has 1 aromatic carbocycles. The molecule has 0 spiro atoms. The number of hydrogen-bond donors (Lipinski definition) is 2. The summed E-state index contributed by atoms with van der Waals surface area (Å²) in [4.78, 5) is 1.72. The van der Waals surface area contributed by atoms with Gasteiger partial charge in [-0.1, -0.05) is 44.2 Å². The predicted molar refractivity (Wildman–Crippen MR) is 81.5 cm³/mol. The van der Waals surface area contributed by atoms with Crippen molar-refractivity contribution in [2.75, 3.05) is 13.1 Å². The van der Waals surface area contributed by atoms with Gasteiger partial charge in [-0.05, 0) is 24.7 Å². The van der Waals surface area contributed by atoms with Crippen LogP contribution in [0.3, 0.4) is 0 Å². The van der Waals surface area contributed by atoms with Crippen molar-refractivity contribution < 1.29 is 10.0 Å². The zero-order valence-corrected chi connectivity index (χ0v) is 12.8. The lowest BCUT2D eigenvalue weighted by atomic mass is 9.59. The number of rotatable bonds is 2. The molecule has 1 aliphatic heterocycles. The lowest BCUT2D eigenvalue weighted by Crippen LogP contribution is -3.13. The second-order valence-electron chi connectivity index (χ2n) is 7.35. The Morgan fingerprint density at radius 2 is 2.00 bits per heavy atom. The SMILES string of the molecule is C[C@H]1[C@H]2CC[NH+](Cc3ccccc3)C[C@]2(C)CC[C@@H]1O.